The van der Waals surface area contributed by atoms with Crippen LogP contribution >= 0.6 is 9.24 Å². The van der Waals surface area contributed by atoms with E-state index >= 15 is 0 Å². The molecule has 1 atom stereocenters. The molecule has 1 nitrogen and oxygen atoms in total. The highest BCUT2D eigenvalue weighted by atomic mass is 31.0. The van der Waals surface area contributed by atoms with Gasteiger partial charge in [0.05, 0.1) is 0 Å². The Hall–Kier alpha value is -0.420. The zero-order valence-electron chi connectivity index (χ0n) is 7.04. The Labute approximate surface area is 70.4 Å². The first kappa shape index (κ1) is 8.67. The van der Waals surface area contributed by atoms with Gasteiger partial charge in [-0.3, -0.25) is 4.98 Å². The average molecular weight is 167 g/mol. The van der Waals surface area contributed by atoms with Gasteiger partial charge in [-0.2, -0.15) is 0 Å². The first-order valence-corrected chi connectivity index (χ1v) is 4.60. The molecule has 0 aliphatic carbocycles. The molecule has 1 aromatic rings. The zero-order valence-corrected chi connectivity index (χ0v) is 8.20. The van der Waals surface area contributed by atoms with Crippen molar-refractivity contribution in [1.82, 2.24) is 4.98 Å². The van der Waals surface area contributed by atoms with Crippen molar-refractivity contribution in [2.45, 2.75) is 19.3 Å². The number of nitrogens with zero attached hydrogens (tertiary/aromatic N) is 1. The molecule has 0 radical (unpaired) electrons. The smallest absolute Gasteiger partial charge is 0.0463 e. The molecule has 2 heteroatoms. The number of aromatic nitrogens is 1. The van der Waals surface area contributed by atoms with Gasteiger partial charge in [-0.1, -0.05) is 19.9 Å². The number of rotatable bonds is 2. The van der Waals surface area contributed by atoms with Crippen LogP contribution < -0.4 is 0 Å². The lowest BCUT2D eigenvalue weighted by molar-refractivity contribution is 0.580. The van der Waals surface area contributed by atoms with Gasteiger partial charge in [-0.05, 0) is 18.3 Å². The van der Waals surface area contributed by atoms with Crippen molar-refractivity contribution in [3.63, 3.8) is 0 Å². The Morgan fingerprint density at radius 3 is 2.64 bits per heavy atom. The summed E-state index contributed by atoms with van der Waals surface area (Å²) in [5.74, 6) is 0. The van der Waals surface area contributed by atoms with Gasteiger partial charge >= 0.3 is 0 Å². The second-order valence-electron chi connectivity index (χ2n) is 3.30. The lowest BCUT2D eigenvalue weighted by atomic mass is 9.91. The molecule has 1 unspecified atom stereocenters. The molecular formula is C9H14NP. The van der Waals surface area contributed by atoms with Crippen molar-refractivity contribution < 1.29 is 0 Å². The fourth-order valence-electron chi connectivity index (χ4n) is 0.868. The van der Waals surface area contributed by atoms with E-state index in [0.29, 0.717) is 0 Å². The average Bonchev–Trinajstić information content (AvgIpc) is 2.06. The minimum Gasteiger partial charge on any atom is -0.261 e. The van der Waals surface area contributed by atoms with Gasteiger partial charge in [-0.25, -0.2) is 0 Å². The fraction of sp³-hybridized carbons (Fsp3) is 0.444. The van der Waals surface area contributed by atoms with E-state index in [-0.39, 0.29) is 5.41 Å². The first-order chi connectivity index (χ1) is 5.17. The molecule has 0 aliphatic heterocycles. The quantitative estimate of drug-likeness (QED) is 0.615. The van der Waals surface area contributed by atoms with E-state index < -0.39 is 0 Å². The summed E-state index contributed by atoms with van der Waals surface area (Å²) in [5, 5.41) is 0. The van der Waals surface area contributed by atoms with E-state index in [9.17, 15) is 0 Å². The summed E-state index contributed by atoms with van der Waals surface area (Å²) >= 11 is 0. The van der Waals surface area contributed by atoms with Crippen LogP contribution in [0.15, 0.2) is 24.4 Å². The van der Waals surface area contributed by atoms with Crippen molar-refractivity contribution in [2.24, 2.45) is 0 Å². The summed E-state index contributed by atoms with van der Waals surface area (Å²) in [6.07, 6.45) is 2.89. The molecule has 0 bridgehead atoms. The molecule has 0 aromatic carbocycles. The van der Waals surface area contributed by atoms with Crippen molar-refractivity contribution in [1.29, 1.82) is 0 Å². The summed E-state index contributed by atoms with van der Waals surface area (Å²) < 4.78 is 0. The molecular weight excluding hydrogens is 153 g/mol. The number of hydrogen-bond donors (Lipinski definition) is 0. The monoisotopic (exact) mass is 167 g/mol. The molecule has 1 aromatic heterocycles. The molecule has 60 valence electrons. The Bertz CT molecular complexity index is 218. The molecule has 0 amide bonds. The Morgan fingerprint density at radius 2 is 2.18 bits per heavy atom. The van der Waals surface area contributed by atoms with Crippen molar-refractivity contribution in [3.05, 3.63) is 30.1 Å². The summed E-state index contributed by atoms with van der Waals surface area (Å²) in [6.45, 7) is 4.39. The topological polar surface area (TPSA) is 12.9 Å². The SMILES string of the molecule is CC(C)(CP)c1ccccn1. The maximum Gasteiger partial charge on any atom is 0.0463 e. The summed E-state index contributed by atoms with van der Waals surface area (Å²) in [6, 6.07) is 6.05. The summed E-state index contributed by atoms with van der Waals surface area (Å²) in [4.78, 5) is 4.31. The van der Waals surface area contributed by atoms with Gasteiger partial charge < -0.3 is 0 Å². The third-order valence-corrected chi connectivity index (χ3v) is 2.89. The number of hydrogen-bond acceptors (Lipinski definition) is 1. The van der Waals surface area contributed by atoms with Crippen molar-refractivity contribution >= 4 is 9.24 Å². The predicted octanol–water partition coefficient (Wildman–Crippen LogP) is 2.23. The second-order valence-corrected chi connectivity index (χ2v) is 3.71. The van der Waals surface area contributed by atoms with Crippen LogP contribution in [0, 0.1) is 0 Å². The zero-order chi connectivity index (χ0) is 8.32. The normalized spacial score (nSPS) is 11.5. The highest BCUT2D eigenvalue weighted by Gasteiger charge is 2.18. The van der Waals surface area contributed by atoms with Gasteiger partial charge in [-0.15, -0.1) is 9.24 Å². The molecule has 0 aliphatic rings. The van der Waals surface area contributed by atoms with Gasteiger partial charge in [0.2, 0.25) is 0 Å². The lowest BCUT2D eigenvalue weighted by Crippen LogP contribution is -2.19. The third kappa shape index (κ3) is 2.00. The minimum absolute atomic E-state index is 0.186. The summed E-state index contributed by atoms with van der Waals surface area (Å²) in [7, 11) is 2.76. The molecule has 0 saturated heterocycles. The van der Waals surface area contributed by atoms with Crippen LogP contribution in [0.2, 0.25) is 0 Å². The Balaban J connectivity index is 2.93. The van der Waals surface area contributed by atoms with Crippen molar-refractivity contribution in [2.75, 3.05) is 6.16 Å². The minimum atomic E-state index is 0.186. The standard InChI is InChI=1S/C9H14NP/c1-9(2,7-11)8-5-3-4-6-10-8/h3-6H,7,11H2,1-2H3. The first-order valence-electron chi connectivity index (χ1n) is 3.78. The Morgan fingerprint density at radius 1 is 1.45 bits per heavy atom. The molecule has 11 heavy (non-hydrogen) atoms. The van der Waals surface area contributed by atoms with Crippen LogP contribution in [0.1, 0.15) is 19.5 Å². The molecule has 1 rings (SSSR count). The van der Waals surface area contributed by atoms with Gasteiger partial charge in [0.25, 0.3) is 0 Å². The van der Waals surface area contributed by atoms with E-state index in [2.05, 4.69) is 34.1 Å². The Kier molecular flexibility index (Phi) is 2.62. The van der Waals surface area contributed by atoms with E-state index in [0.717, 1.165) is 11.9 Å². The predicted molar refractivity (Wildman–Crippen MR) is 51.8 cm³/mol. The lowest BCUT2D eigenvalue weighted by Gasteiger charge is -2.21. The van der Waals surface area contributed by atoms with Crippen LogP contribution in [0.4, 0.5) is 0 Å². The fourth-order valence-corrected chi connectivity index (χ4v) is 1.08. The van der Waals surface area contributed by atoms with E-state index in [1.54, 1.807) is 0 Å². The van der Waals surface area contributed by atoms with Crippen LogP contribution in [-0.2, 0) is 5.41 Å². The van der Waals surface area contributed by atoms with Crippen LogP contribution in [0.3, 0.4) is 0 Å². The largest absolute Gasteiger partial charge is 0.261 e. The molecule has 0 fully saturated rings. The van der Waals surface area contributed by atoms with Crippen LogP contribution in [-0.4, -0.2) is 11.1 Å². The molecule has 0 saturated carbocycles. The van der Waals surface area contributed by atoms with Gasteiger partial charge in [0.1, 0.15) is 0 Å². The number of pyridine rings is 1. The third-order valence-electron chi connectivity index (χ3n) is 1.87. The highest BCUT2D eigenvalue weighted by Crippen LogP contribution is 2.22. The maximum absolute atomic E-state index is 4.31. The van der Waals surface area contributed by atoms with Crippen LogP contribution in [0.5, 0.6) is 0 Å². The molecule has 1 heterocycles. The maximum atomic E-state index is 4.31. The van der Waals surface area contributed by atoms with E-state index in [1.807, 2.05) is 18.3 Å². The van der Waals surface area contributed by atoms with E-state index in [1.165, 1.54) is 0 Å². The molecule has 0 N–H and O–H groups in total. The van der Waals surface area contributed by atoms with Gasteiger partial charge in [0, 0.05) is 17.3 Å². The molecule has 0 spiro atoms. The van der Waals surface area contributed by atoms with Gasteiger partial charge in [0.15, 0.2) is 0 Å². The second kappa shape index (κ2) is 3.32. The van der Waals surface area contributed by atoms with Crippen LogP contribution in [0.25, 0.3) is 0 Å². The summed E-state index contributed by atoms with van der Waals surface area (Å²) in [5.41, 5.74) is 1.35. The highest BCUT2D eigenvalue weighted by molar-refractivity contribution is 7.16. The van der Waals surface area contributed by atoms with E-state index in [4.69, 9.17) is 0 Å². The van der Waals surface area contributed by atoms with Crippen molar-refractivity contribution in [3.8, 4) is 0 Å².